The summed E-state index contributed by atoms with van der Waals surface area (Å²) in [6.45, 7) is 3.93. The van der Waals surface area contributed by atoms with Gasteiger partial charge in [0.05, 0.1) is 55.3 Å². The fourth-order valence-electron chi connectivity index (χ4n) is 5.35. The van der Waals surface area contributed by atoms with Gasteiger partial charge in [0.2, 0.25) is 0 Å². The minimum Gasteiger partial charge on any atom is -0.300 e. The second kappa shape index (κ2) is 8.64. The average Bonchev–Trinajstić information content (AvgIpc) is 3.52. The highest BCUT2D eigenvalue weighted by molar-refractivity contribution is 9.10. The zero-order valence-electron chi connectivity index (χ0n) is 20.9. The maximum atomic E-state index is 12.3. The minimum absolute atomic E-state index is 0.184. The summed E-state index contributed by atoms with van der Waals surface area (Å²) >= 11 is 3.55. The summed E-state index contributed by atoms with van der Waals surface area (Å²) in [5, 5.41) is 4.97. The topological polar surface area (TPSA) is 108 Å². The van der Waals surface area contributed by atoms with Crippen LogP contribution in [0.1, 0.15) is 11.1 Å². The third-order valence-electron chi connectivity index (χ3n) is 7.24. The molecule has 6 aromatic rings. The lowest BCUT2D eigenvalue weighted by molar-refractivity contribution is 1.32. The van der Waals surface area contributed by atoms with Gasteiger partial charge in [-0.15, -0.1) is 0 Å². The number of fused-ring (bicyclic) bond motifs is 4. The minimum atomic E-state index is -0.197. The Morgan fingerprint density at radius 1 is 0.590 bits per heavy atom. The molecule has 0 aliphatic carbocycles. The van der Waals surface area contributed by atoms with Crippen LogP contribution in [0.2, 0.25) is 0 Å². The lowest BCUT2D eigenvalue weighted by Crippen LogP contribution is -2.05. The van der Waals surface area contributed by atoms with E-state index in [1.165, 1.54) is 0 Å². The van der Waals surface area contributed by atoms with Gasteiger partial charge in [0.1, 0.15) is 0 Å². The molecular weight excluding hydrogens is 556 g/mol. The SMILES string of the molecule is Cc1cc(Br)c2c3c(c4ccccc4c(=O)nc13)NN2.Cc1ccc2c3c(c4ccccc4c(=O)nc13)NN2. The number of nitrogens with one attached hydrogen (secondary N) is 4. The summed E-state index contributed by atoms with van der Waals surface area (Å²) in [6.07, 6.45) is 0. The van der Waals surface area contributed by atoms with Crippen LogP contribution in [0.3, 0.4) is 0 Å². The molecule has 8 rings (SSSR count). The van der Waals surface area contributed by atoms with Gasteiger partial charge in [-0.25, -0.2) is 9.97 Å². The van der Waals surface area contributed by atoms with E-state index in [2.05, 4.69) is 47.6 Å². The van der Waals surface area contributed by atoms with Crippen molar-refractivity contribution >= 4 is 82.0 Å². The van der Waals surface area contributed by atoms with Crippen LogP contribution in [-0.2, 0) is 0 Å². The number of benzene rings is 4. The lowest BCUT2D eigenvalue weighted by atomic mass is 10.1. The zero-order chi connectivity index (χ0) is 26.8. The fraction of sp³-hybridized carbons (Fsp3) is 0.0667. The smallest absolute Gasteiger partial charge is 0.278 e. The number of anilines is 4. The number of aromatic nitrogens is 2. The molecule has 0 fully saturated rings. The summed E-state index contributed by atoms with van der Waals surface area (Å²) in [6, 6.07) is 21.0. The van der Waals surface area contributed by atoms with Crippen LogP contribution in [0.15, 0.2) is 80.8 Å². The standard InChI is InChI=1S/C15H10BrN3O.C15H11N3O/c1-7-6-10(16)14-11-12(7)17-15(20)9-5-3-2-4-8(9)13(11)18-19-14;1-8-6-7-11-12-13(8)16-15(19)10-5-3-2-4-9(10)14(12)18-17-11/h2-6,18-19H,1H3;2-7,17-18H,1H3. The highest BCUT2D eigenvalue weighted by atomic mass is 79.9. The first-order valence-corrected chi connectivity index (χ1v) is 13.2. The monoisotopic (exact) mass is 576 g/mol. The van der Waals surface area contributed by atoms with Gasteiger partial charge in [0, 0.05) is 15.2 Å². The highest BCUT2D eigenvalue weighted by Crippen LogP contribution is 2.43. The molecule has 0 spiro atoms. The van der Waals surface area contributed by atoms with Gasteiger partial charge in [-0.05, 0) is 65.2 Å². The molecule has 190 valence electrons. The van der Waals surface area contributed by atoms with Gasteiger partial charge in [0.15, 0.2) is 0 Å². The first kappa shape index (κ1) is 23.4. The Labute approximate surface area is 230 Å². The van der Waals surface area contributed by atoms with Crippen LogP contribution in [-0.4, -0.2) is 9.97 Å². The number of halogens is 1. The zero-order valence-corrected chi connectivity index (χ0v) is 22.5. The summed E-state index contributed by atoms with van der Waals surface area (Å²) in [4.78, 5) is 33.2. The Morgan fingerprint density at radius 2 is 1.10 bits per heavy atom. The third kappa shape index (κ3) is 3.50. The van der Waals surface area contributed by atoms with Gasteiger partial charge in [0.25, 0.3) is 11.1 Å². The summed E-state index contributed by atoms with van der Waals surface area (Å²) in [7, 11) is 0. The summed E-state index contributed by atoms with van der Waals surface area (Å²) in [5.41, 5.74) is 19.4. The Hall–Kier alpha value is -4.76. The molecule has 9 heteroatoms. The van der Waals surface area contributed by atoms with Crippen molar-refractivity contribution < 1.29 is 0 Å². The Bertz CT molecular complexity index is 2170. The van der Waals surface area contributed by atoms with Crippen LogP contribution in [0.5, 0.6) is 0 Å². The van der Waals surface area contributed by atoms with Gasteiger partial charge in [-0.3, -0.25) is 25.9 Å². The first-order chi connectivity index (χ1) is 18.9. The van der Waals surface area contributed by atoms with Crippen molar-refractivity contribution in [2.24, 2.45) is 0 Å². The number of rotatable bonds is 0. The molecule has 4 heterocycles. The van der Waals surface area contributed by atoms with E-state index in [4.69, 9.17) is 0 Å². The largest absolute Gasteiger partial charge is 0.300 e. The molecule has 4 N–H and O–H groups in total. The van der Waals surface area contributed by atoms with Crippen LogP contribution in [0.4, 0.5) is 22.7 Å². The molecule has 4 aromatic carbocycles. The summed E-state index contributed by atoms with van der Waals surface area (Å²) < 4.78 is 0.957. The molecular formula is C30H21BrN6O2. The number of aryl methyl sites for hydroxylation is 2. The molecule has 0 amide bonds. The van der Waals surface area contributed by atoms with Gasteiger partial charge in [-0.2, -0.15) is 0 Å². The predicted octanol–water partition coefficient (Wildman–Crippen LogP) is 6.38. The number of hydrazine groups is 2. The molecule has 0 unspecified atom stereocenters. The second-order valence-corrected chi connectivity index (χ2v) is 10.5. The normalized spacial score (nSPS) is 12.5. The van der Waals surface area contributed by atoms with Crippen molar-refractivity contribution in [1.29, 1.82) is 0 Å². The Morgan fingerprint density at radius 3 is 1.74 bits per heavy atom. The van der Waals surface area contributed by atoms with Crippen LogP contribution in [0, 0.1) is 13.8 Å². The Balaban J connectivity index is 0.000000130. The van der Waals surface area contributed by atoms with Crippen molar-refractivity contribution in [2.45, 2.75) is 13.8 Å². The van der Waals surface area contributed by atoms with Gasteiger partial charge < -0.3 is 5.43 Å². The van der Waals surface area contributed by atoms with Crippen molar-refractivity contribution in [3.05, 3.63) is 103 Å². The third-order valence-corrected chi connectivity index (χ3v) is 7.86. The van der Waals surface area contributed by atoms with E-state index in [0.29, 0.717) is 10.8 Å². The molecule has 8 nitrogen and oxygen atoms in total. The van der Waals surface area contributed by atoms with E-state index in [1.807, 2.05) is 80.6 Å². The molecule has 0 bridgehead atoms. The number of nitrogens with zero attached hydrogens (tertiary/aromatic N) is 2. The van der Waals surface area contributed by atoms with Gasteiger partial charge in [-0.1, -0.05) is 42.5 Å². The molecule has 2 aliphatic rings. The molecule has 0 saturated heterocycles. The van der Waals surface area contributed by atoms with E-state index in [0.717, 1.165) is 70.9 Å². The van der Waals surface area contributed by atoms with Crippen LogP contribution >= 0.6 is 15.9 Å². The highest BCUT2D eigenvalue weighted by Gasteiger charge is 2.21. The fourth-order valence-corrected chi connectivity index (χ4v) is 6.00. The molecule has 0 saturated carbocycles. The lowest BCUT2D eigenvalue weighted by Gasteiger charge is -2.03. The Kier molecular flexibility index (Phi) is 5.18. The first-order valence-electron chi connectivity index (χ1n) is 12.4. The number of hydrogen-bond acceptors (Lipinski definition) is 8. The van der Waals surface area contributed by atoms with Crippen molar-refractivity contribution in [3.63, 3.8) is 0 Å². The quantitative estimate of drug-likeness (QED) is 0.165. The predicted molar refractivity (Wildman–Crippen MR) is 163 cm³/mol. The molecule has 0 radical (unpaired) electrons. The van der Waals surface area contributed by atoms with Gasteiger partial charge >= 0.3 is 0 Å². The molecule has 2 aliphatic heterocycles. The van der Waals surface area contributed by atoms with E-state index in [9.17, 15) is 9.59 Å². The van der Waals surface area contributed by atoms with Crippen molar-refractivity contribution in [2.75, 3.05) is 21.7 Å². The molecule has 2 aromatic heterocycles. The van der Waals surface area contributed by atoms with E-state index >= 15 is 0 Å². The van der Waals surface area contributed by atoms with E-state index in [1.54, 1.807) is 0 Å². The maximum absolute atomic E-state index is 12.3. The van der Waals surface area contributed by atoms with E-state index in [-0.39, 0.29) is 11.1 Å². The maximum Gasteiger partial charge on any atom is 0.278 e. The number of hydrogen-bond donors (Lipinski definition) is 4. The summed E-state index contributed by atoms with van der Waals surface area (Å²) in [5.74, 6) is 0. The van der Waals surface area contributed by atoms with Crippen LogP contribution in [0.25, 0.3) is 43.4 Å². The molecule has 39 heavy (non-hydrogen) atoms. The van der Waals surface area contributed by atoms with E-state index < -0.39 is 0 Å². The second-order valence-electron chi connectivity index (χ2n) is 9.60. The molecule has 0 atom stereocenters. The van der Waals surface area contributed by atoms with Crippen molar-refractivity contribution in [3.8, 4) is 0 Å². The van der Waals surface area contributed by atoms with Crippen LogP contribution < -0.4 is 32.8 Å². The van der Waals surface area contributed by atoms with Crippen molar-refractivity contribution in [1.82, 2.24) is 9.97 Å². The average molecular weight is 577 g/mol.